The van der Waals surface area contributed by atoms with Gasteiger partial charge in [0.2, 0.25) is 5.91 Å². The smallest absolute Gasteiger partial charge is 0.303 e. The van der Waals surface area contributed by atoms with Gasteiger partial charge in [-0.3, -0.25) is 19.2 Å². The molecule has 1 N–H and O–H groups in total. The predicted octanol–water partition coefficient (Wildman–Crippen LogP) is 3.56. The van der Waals surface area contributed by atoms with E-state index in [1.165, 1.54) is 39.5 Å². The molecule has 1 amide bonds. The summed E-state index contributed by atoms with van der Waals surface area (Å²) in [5.41, 5.74) is 1.92. The molecular weight excluding hydrogens is 590 g/mol. The highest BCUT2D eigenvalue weighted by molar-refractivity contribution is 7.99. The van der Waals surface area contributed by atoms with Crippen molar-refractivity contribution in [1.29, 1.82) is 0 Å². The second-order valence-corrected chi connectivity index (χ2v) is 11.5. The Bertz CT molecular complexity index is 1480. The minimum absolute atomic E-state index is 0.276. The Kier molecular flexibility index (Phi) is 11.2. The Morgan fingerprint density at radius 1 is 0.932 bits per heavy atom. The molecule has 0 saturated carbocycles. The van der Waals surface area contributed by atoms with Crippen LogP contribution in [0.25, 0.3) is 11.0 Å². The molecule has 12 nitrogen and oxygen atoms in total. The molecule has 5 atom stereocenters. The first-order valence-electron chi connectivity index (χ1n) is 14.2. The highest BCUT2D eigenvalue weighted by Gasteiger charge is 2.51. The van der Waals surface area contributed by atoms with Gasteiger partial charge in [-0.2, -0.15) is 0 Å². The molecule has 0 aliphatic carbocycles. The van der Waals surface area contributed by atoms with Gasteiger partial charge in [0.05, 0.1) is 17.6 Å². The van der Waals surface area contributed by atoms with Crippen molar-refractivity contribution in [2.24, 2.45) is 0 Å². The lowest BCUT2D eigenvalue weighted by atomic mass is 9.97. The number of thioether (sulfide) groups is 1. The lowest BCUT2D eigenvalue weighted by Crippen LogP contribution is -2.65. The van der Waals surface area contributed by atoms with E-state index < -0.39 is 53.6 Å². The topological polar surface area (TPSA) is 144 Å². The number of rotatable bonds is 12. The lowest BCUT2D eigenvalue weighted by molar-refractivity contribution is -0.211. The first kappa shape index (κ1) is 32.8. The molecule has 1 aromatic heterocycles. The van der Waals surface area contributed by atoms with E-state index in [0.717, 1.165) is 22.3 Å². The SMILES string of the molecule is CC(=O)N[C@H]1[C@H](OC(C)=O)[C@@H](OC(C)=O)[C@@H](COC(C)=O)O[C@H]1Sc1nc2ccccc2n1CCCOc1ccc(C)cc1. The van der Waals surface area contributed by atoms with Crippen molar-refractivity contribution in [2.45, 2.75) is 82.5 Å². The van der Waals surface area contributed by atoms with Gasteiger partial charge in [-0.1, -0.05) is 41.6 Å². The average molecular weight is 628 g/mol. The summed E-state index contributed by atoms with van der Waals surface area (Å²) in [6, 6.07) is 14.6. The summed E-state index contributed by atoms with van der Waals surface area (Å²) in [4.78, 5) is 53.1. The lowest BCUT2D eigenvalue weighted by Gasteiger charge is -2.44. The molecule has 0 bridgehead atoms. The molecule has 4 rings (SSSR count). The fourth-order valence-electron chi connectivity index (χ4n) is 4.90. The number of benzene rings is 2. The van der Waals surface area contributed by atoms with Crippen molar-refractivity contribution in [3.63, 3.8) is 0 Å². The number of ether oxygens (including phenoxy) is 5. The first-order valence-corrected chi connectivity index (χ1v) is 15.1. The fraction of sp³-hybridized carbons (Fsp3) is 0.452. The van der Waals surface area contributed by atoms with Gasteiger partial charge in [-0.15, -0.1) is 0 Å². The maximum absolute atomic E-state index is 12.4. The van der Waals surface area contributed by atoms with Gasteiger partial charge < -0.3 is 33.6 Å². The normalized spacial score (nSPS) is 21.3. The summed E-state index contributed by atoms with van der Waals surface area (Å²) in [5.74, 6) is -1.51. The summed E-state index contributed by atoms with van der Waals surface area (Å²) in [6.07, 6.45) is -2.65. The highest BCUT2D eigenvalue weighted by atomic mass is 32.2. The Morgan fingerprint density at radius 3 is 2.27 bits per heavy atom. The van der Waals surface area contributed by atoms with Crippen LogP contribution in [0.4, 0.5) is 0 Å². The van der Waals surface area contributed by atoms with Crippen LogP contribution in [0.3, 0.4) is 0 Å². The van der Waals surface area contributed by atoms with Crippen LogP contribution in [0.1, 0.15) is 39.7 Å². The van der Waals surface area contributed by atoms with E-state index in [-0.39, 0.29) is 6.61 Å². The number of para-hydroxylation sites is 2. The molecule has 0 radical (unpaired) electrons. The third kappa shape index (κ3) is 8.73. The number of hydrogen-bond acceptors (Lipinski definition) is 11. The Balaban J connectivity index is 1.64. The second kappa shape index (κ2) is 15.1. The van der Waals surface area contributed by atoms with Crippen LogP contribution >= 0.6 is 11.8 Å². The van der Waals surface area contributed by atoms with Crippen molar-refractivity contribution < 1.29 is 42.9 Å². The number of carbonyl (C=O) groups excluding carboxylic acids is 4. The van der Waals surface area contributed by atoms with Gasteiger partial charge in [-0.25, -0.2) is 4.98 Å². The summed E-state index contributed by atoms with van der Waals surface area (Å²) < 4.78 is 30.7. The number of aromatic nitrogens is 2. The van der Waals surface area contributed by atoms with E-state index in [9.17, 15) is 19.2 Å². The van der Waals surface area contributed by atoms with Gasteiger partial charge in [-0.05, 0) is 37.6 Å². The number of imidazole rings is 1. The molecule has 1 aliphatic rings. The van der Waals surface area contributed by atoms with Gasteiger partial charge in [0.1, 0.15) is 29.9 Å². The minimum atomic E-state index is -1.16. The van der Waals surface area contributed by atoms with E-state index in [2.05, 4.69) is 5.32 Å². The van der Waals surface area contributed by atoms with Crippen LogP contribution in [-0.4, -0.2) is 76.4 Å². The number of fused-ring (bicyclic) bond motifs is 1. The predicted molar refractivity (Wildman–Crippen MR) is 161 cm³/mol. The quantitative estimate of drug-likeness (QED) is 0.179. The second-order valence-electron chi connectivity index (χ2n) is 10.4. The van der Waals surface area contributed by atoms with Crippen LogP contribution in [-0.2, 0) is 44.7 Å². The van der Waals surface area contributed by atoms with Gasteiger partial charge in [0.25, 0.3) is 0 Å². The van der Waals surface area contributed by atoms with Crippen LogP contribution in [0, 0.1) is 6.92 Å². The number of aryl methyl sites for hydroxylation is 2. The summed E-state index contributed by atoms with van der Waals surface area (Å²) in [6.45, 7) is 7.75. The molecule has 236 valence electrons. The maximum Gasteiger partial charge on any atom is 0.303 e. The molecule has 13 heteroatoms. The fourth-order valence-corrected chi connectivity index (χ4v) is 6.15. The number of hydrogen-bond donors (Lipinski definition) is 1. The molecule has 1 saturated heterocycles. The molecule has 1 aliphatic heterocycles. The third-order valence-electron chi connectivity index (χ3n) is 6.73. The van der Waals surface area contributed by atoms with E-state index in [1.54, 1.807) is 0 Å². The van der Waals surface area contributed by atoms with Crippen molar-refractivity contribution in [2.75, 3.05) is 13.2 Å². The van der Waals surface area contributed by atoms with Gasteiger partial charge in [0, 0.05) is 34.2 Å². The van der Waals surface area contributed by atoms with Crippen molar-refractivity contribution in [3.05, 3.63) is 54.1 Å². The maximum atomic E-state index is 12.4. The zero-order valence-corrected chi connectivity index (χ0v) is 26.1. The van der Waals surface area contributed by atoms with E-state index in [4.69, 9.17) is 28.7 Å². The van der Waals surface area contributed by atoms with Crippen molar-refractivity contribution in [3.8, 4) is 5.75 Å². The van der Waals surface area contributed by atoms with Crippen molar-refractivity contribution >= 4 is 46.6 Å². The molecule has 2 aromatic carbocycles. The molecule has 2 heterocycles. The van der Waals surface area contributed by atoms with Crippen LogP contribution in [0.5, 0.6) is 5.75 Å². The van der Waals surface area contributed by atoms with Crippen LogP contribution < -0.4 is 10.1 Å². The molecular formula is C31H37N3O9S. The first-order chi connectivity index (χ1) is 21.0. The van der Waals surface area contributed by atoms with Crippen LogP contribution in [0.15, 0.2) is 53.7 Å². The summed E-state index contributed by atoms with van der Waals surface area (Å²) in [5, 5.41) is 3.39. The minimum Gasteiger partial charge on any atom is -0.494 e. The van der Waals surface area contributed by atoms with E-state index in [0.29, 0.717) is 24.7 Å². The van der Waals surface area contributed by atoms with Crippen LogP contribution in [0.2, 0.25) is 0 Å². The van der Waals surface area contributed by atoms with E-state index in [1.807, 2.05) is 60.0 Å². The zero-order valence-electron chi connectivity index (χ0n) is 25.3. The van der Waals surface area contributed by atoms with E-state index >= 15 is 0 Å². The number of carbonyl (C=O) groups is 4. The summed E-state index contributed by atoms with van der Waals surface area (Å²) in [7, 11) is 0. The third-order valence-corrected chi connectivity index (χ3v) is 7.89. The molecule has 0 unspecified atom stereocenters. The molecule has 0 spiro atoms. The molecule has 44 heavy (non-hydrogen) atoms. The number of nitrogens with one attached hydrogen (secondary N) is 1. The van der Waals surface area contributed by atoms with Crippen molar-refractivity contribution in [1.82, 2.24) is 14.9 Å². The summed E-state index contributed by atoms with van der Waals surface area (Å²) >= 11 is 1.21. The monoisotopic (exact) mass is 627 g/mol. The Labute approximate surface area is 259 Å². The highest BCUT2D eigenvalue weighted by Crippen LogP contribution is 2.37. The molecule has 3 aromatic rings. The van der Waals surface area contributed by atoms with Gasteiger partial charge >= 0.3 is 17.9 Å². The standard InChI is InChI=1S/C31H37N3O9S/c1-18-11-13-23(14-12-18)39-16-8-15-34-25-10-7-6-9-24(25)33-31(34)44-30-27(32-19(2)35)29(42-22(5)38)28(41-21(4)37)26(43-30)17-40-20(3)36/h6-7,9-14,26-30H,8,15-17H2,1-5H3,(H,32,35)/t26-,27+,28+,29+,30+/m1/s1. The zero-order chi connectivity index (χ0) is 31.8. The molecule has 1 fully saturated rings. The Hall–Kier alpha value is -4.10. The Morgan fingerprint density at radius 2 is 1.61 bits per heavy atom. The average Bonchev–Trinajstić information content (AvgIpc) is 3.30. The number of esters is 3. The van der Waals surface area contributed by atoms with Gasteiger partial charge in [0.15, 0.2) is 17.4 Å². The number of amides is 1. The largest absolute Gasteiger partial charge is 0.494 e. The number of nitrogens with zero attached hydrogens (tertiary/aromatic N) is 2.